The van der Waals surface area contributed by atoms with Crippen LogP contribution in [-0.4, -0.2) is 63.6 Å². The van der Waals surface area contributed by atoms with Crippen molar-refractivity contribution in [3.05, 3.63) is 30.0 Å². The van der Waals surface area contributed by atoms with Crippen LogP contribution in [0.2, 0.25) is 0 Å². The molecule has 2 bridgehead atoms. The van der Waals surface area contributed by atoms with Crippen molar-refractivity contribution in [1.82, 2.24) is 25.2 Å². The van der Waals surface area contributed by atoms with Crippen molar-refractivity contribution < 1.29 is 14.3 Å². The molecule has 166 valence electrons. The Kier molecular flexibility index (Phi) is 6.22. The molecule has 3 heterocycles. The quantitative estimate of drug-likeness (QED) is 0.507. The van der Waals surface area contributed by atoms with E-state index in [1.807, 2.05) is 12.1 Å². The van der Waals surface area contributed by atoms with Crippen LogP contribution in [0, 0.1) is 0 Å². The number of nitrogen functional groups attached to an aromatic ring is 1. The number of hydrogen-bond acceptors (Lipinski definition) is 7. The molecule has 1 aromatic carbocycles. The number of aromatic nitrogens is 3. The highest BCUT2D eigenvalue weighted by atomic mass is 16.5. The maximum Gasteiger partial charge on any atom is 0.327 e. The number of rotatable bonds is 7. The molecule has 0 saturated carbocycles. The number of fused-ring (bicyclic) bond motifs is 2. The van der Waals surface area contributed by atoms with Crippen LogP contribution in [0.1, 0.15) is 38.2 Å². The third kappa shape index (κ3) is 4.87. The van der Waals surface area contributed by atoms with Crippen LogP contribution in [0.15, 0.2) is 24.4 Å². The molecule has 2 saturated heterocycles. The summed E-state index contributed by atoms with van der Waals surface area (Å²) in [6.45, 7) is 2.09. The molecule has 31 heavy (non-hydrogen) atoms. The molecule has 2 fully saturated rings. The average molecular weight is 427 g/mol. The molecule has 2 aromatic rings. The lowest BCUT2D eigenvalue weighted by Gasteiger charge is -2.36. The van der Waals surface area contributed by atoms with Crippen LogP contribution >= 0.6 is 0 Å². The van der Waals surface area contributed by atoms with Crippen LogP contribution in [0.3, 0.4) is 0 Å². The minimum Gasteiger partial charge on any atom is -0.465 e. The molecule has 0 spiro atoms. The number of esters is 1. The number of hydrogen-bond donors (Lipinski definition) is 2. The van der Waals surface area contributed by atoms with Gasteiger partial charge in [0.05, 0.1) is 19.2 Å². The zero-order valence-corrected chi connectivity index (χ0v) is 18.1. The van der Waals surface area contributed by atoms with Gasteiger partial charge >= 0.3 is 5.97 Å². The SMILES string of the molecule is CCOC(=O)Cn1cc(-c2ccc(CC(=O)NC3CC4CCC(C3)N4C)c(N)c2)nn1. The normalized spacial score (nSPS) is 23.0. The van der Waals surface area contributed by atoms with Crippen LogP contribution in [0.5, 0.6) is 0 Å². The number of carbonyl (C=O) groups excluding carboxylic acids is 2. The van der Waals surface area contributed by atoms with Crippen molar-refractivity contribution in [3.8, 4) is 11.3 Å². The number of ether oxygens (including phenoxy) is 1. The average Bonchev–Trinajstić information content (AvgIpc) is 3.24. The minimum absolute atomic E-state index is 0.00719. The molecule has 2 aliphatic rings. The predicted octanol–water partition coefficient (Wildman–Crippen LogP) is 1.37. The first-order valence-electron chi connectivity index (χ1n) is 10.9. The molecule has 2 aliphatic heterocycles. The Morgan fingerprint density at radius 2 is 2.00 bits per heavy atom. The van der Waals surface area contributed by atoms with Crippen molar-refractivity contribution in [3.63, 3.8) is 0 Å². The lowest BCUT2D eigenvalue weighted by molar-refractivity contribution is -0.144. The van der Waals surface area contributed by atoms with Crippen LogP contribution in [0.25, 0.3) is 11.3 Å². The number of anilines is 1. The first-order valence-corrected chi connectivity index (χ1v) is 10.9. The van der Waals surface area contributed by atoms with E-state index in [0.29, 0.717) is 30.1 Å². The van der Waals surface area contributed by atoms with Gasteiger partial charge in [0.1, 0.15) is 12.2 Å². The lowest BCUT2D eigenvalue weighted by atomic mass is 9.97. The number of benzene rings is 1. The lowest BCUT2D eigenvalue weighted by Crippen LogP contribution is -2.49. The van der Waals surface area contributed by atoms with Crippen molar-refractivity contribution in [2.45, 2.75) is 63.7 Å². The summed E-state index contributed by atoms with van der Waals surface area (Å²) < 4.78 is 6.35. The number of amides is 1. The van der Waals surface area contributed by atoms with E-state index in [1.54, 1.807) is 19.2 Å². The summed E-state index contributed by atoms with van der Waals surface area (Å²) in [5.41, 5.74) is 8.94. The Morgan fingerprint density at radius 1 is 1.26 bits per heavy atom. The molecule has 9 nitrogen and oxygen atoms in total. The summed E-state index contributed by atoms with van der Waals surface area (Å²) >= 11 is 0. The van der Waals surface area contributed by atoms with Crippen molar-refractivity contribution >= 4 is 17.6 Å². The van der Waals surface area contributed by atoms with E-state index in [-0.39, 0.29) is 30.9 Å². The zero-order valence-electron chi connectivity index (χ0n) is 18.1. The van der Waals surface area contributed by atoms with Crippen molar-refractivity contribution in [2.75, 3.05) is 19.4 Å². The summed E-state index contributed by atoms with van der Waals surface area (Å²) in [5.74, 6) is -0.355. The number of nitrogens with two attached hydrogens (primary N) is 1. The monoisotopic (exact) mass is 426 g/mol. The van der Waals surface area contributed by atoms with E-state index in [9.17, 15) is 9.59 Å². The molecule has 9 heteroatoms. The smallest absolute Gasteiger partial charge is 0.327 e. The van der Waals surface area contributed by atoms with Crippen molar-refractivity contribution in [2.24, 2.45) is 0 Å². The van der Waals surface area contributed by atoms with Crippen LogP contribution in [0.4, 0.5) is 5.69 Å². The summed E-state index contributed by atoms with van der Waals surface area (Å²) in [5, 5.41) is 11.3. The topological polar surface area (TPSA) is 115 Å². The molecule has 0 radical (unpaired) electrons. The third-order valence-corrected chi connectivity index (χ3v) is 6.39. The fourth-order valence-electron chi connectivity index (χ4n) is 4.74. The predicted molar refractivity (Wildman–Crippen MR) is 116 cm³/mol. The molecular formula is C22H30N6O3. The molecule has 2 atom stereocenters. The zero-order chi connectivity index (χ0) is 22.0. The van der Waals surface area contributed by atoms with E-state index in [2.05, 4.69) is 27.6 Å². The van der Waals surface area contributed by atoms with Gasteiger partial charge in [0.15, 0.2) is 0 Å². The van der Waals surface area contributed by atoms with Gasteiger partial charge in [0, 0.05) is 29.4 Å². The second kappa shape index (κ2) is 9.05. The van der Waals surface area contributed by atoms with Crippen molar-refractivity contribution in [1.29, 1.82) is 0 Å². The van der Waals surface area contributed by atoms with Crippen LogP contribution < -0.4 is 11.1 Å². The summed E-state index contributed by atoms with van der Waals surface area (Å²) in [7, 11) is 2.19. The second-order valence-electron chi connectivity index (χ2n) is 8.48. The molecular weight excluding hydrogens is 396 g/mol. The van der Waals surface area contributed by atoms with Gasteiger partial charge in [-0.1, -0.05) is 17.3 Å². The van der Waals surface area contributed by atoms with E-state index in [4.69, 9.17) is 10.5 Å². The van der Waals surface area contributed by atoms with Gasteiger partial charge in [-0.25, -0.2) is 4.68 Å². The Balaban J connectivity index is 1.35. The Morgan fingerprint density at radius 3 is 2.68 bits per heavy atom. The highest BCUT2D eigenvalue weighted by molar-refractivity contribution is 5.81. The van der Waals surface area contributed by atoms with Gasteiger partial charge in [-0.2, -0.15) is 0 Å². The Labute approximate surface area is 181 Å². The van der Waals surface area contributed by atoms with Gasteiger partial charge in [-0.15, -0.1) is 5.10 Å². The van der Waals surface area contributed by atoms with E-state index >= 15 is 0 Å². The highest BCUT2D eigenvalue weighted by Crippen LogP contribution is 2.34. The Hall–Kier alpha value is -2.94. The minimum atomic E-state index is -0.363. The molecule has 1 amide bonds. The number of carbonyl (C=O) groups is 2. The highest BCUT2D eigenvalue weighted by Gasteiger charge is 2.38. The van der Waals surface area contributed by atoms with Gasteiger partial charge in [-0.3, -0.25) is 9.59 Å². The fourth-order valence-corrected chi connectivity index (χ4v) is 4.74. The first kappa shape index (κ1) is 21.3. The maximum absolute atomic E-state index is 12.6. The van der Waals surface area contributed by atoms with Gasteiger partial charge in [0.2, 0.25) is 5.91 Å². The van der Waals surface area contributed by atoms with E-state index in [1.165, 1.54) is 17.5 Å². The van der Waals surface area contributed by atoms with E-state index in [0.717, 1.165) is 24.0 Å². The third-order valence-electron chi connectivity index (χ3n) is 6.39. The molecule has 2 unspecified atom stereocenters. The largest absolute Gasteiger partial charge is 0.465 e. The number of nitrogens with zero attached hydrogens (tertiary/aromatic N) is 4. The summed E-state index contributed by atoms with van der Waals surface area (Å²) in [6.07, 6.45) is 6.43. The van der Waals surface area contributed by atoms with Gasteiger partial charge in [-0.05, 0) is 51.3 Å². The van der Waals surface area contributed by atoms with Gasteiger partial charge < -0.3 is 20.7 Å². The summed E-state index contributed by atoms with van der Waals surface area (Å²) in [6, 6.07) is 6.94. The van der Waals surface area contributed by atoms with E-state index < -0.39 is 0 Å². The van der Waals surface area contributed by atoms with Crippen LogP contribution in [-0.2, 0) is 27.3 Å². The fraction of sp³-hybridized carbons (Fsp3) is 0.545. The molecule has 4 rings (SSSR count). The maximum atomic E-state index is 12.6. The molecule has 3 N–H and O–H groups in total. The number of piperidine rings is 1. The standard InChI is InChI=1S/C22H30N6O3/c1-3-31-22(30)13-28-12-20(25-26-28)15-5-4-14(19(23)8-15)9-21(29)24-16-10-17-6-7-18(11-16)27(17)2/h4-5,8,12,16-18H,3,6-7,9-11,13,23H2,1-2H3,(H,24,29). The van der Waals surface area contributed by atoms with Gasteiger partial charge in [0.25, 0.3) is 0 Å². The molecule has 1 aromatic heterocycles. The second-order valence-corrected chi connectivity index (χ2v) is 8.48. The Bertz CT molecular complexity index is 944. The molecule has 0 aliphatic carbocycles. The number of nitrogens with one attached hydrogen (secondary N) is 1. The summed E-state index contributed by atoms with van der Waals surface area (Å²) in [4.78, 5) is 26.7. The first-order chi connectivity index (χ1) is 14.9.